The normalized spacial score (nSPS) is 34.0. The van der Waals surface area contributed by atoms with Crippen molar-refractivity contribution in [3.8, 4) is 0 Å². The number of hydrogen-bond donors (Lipinski definition) is 2. The molecule has 1 saturated heterocycles. The minimum Gasteiger partial charge on any atom is -0.479 e. The van der Waals surface area contributed by atoms with Crippen LogP contribution in [0.2, 0.25) is 0 Å². The van der Waals surface area contributed by atoms with Crippen LogP contribution in [0, 0.1) is 0 Å². The van der Waals surface area contributed by atoms with Crippen LogP contribution in [-0.2, 0) is 4.74 Å². The number of aliphatic imine (C=N–C) groups is 1. The van der Waals surface area contributed by atoms with Gasteiger partial charge in [-0.25, -0.2) is 0 Å². The highest BCUT2D eigenvalue weighted by atomic mass is 16.5. The summed E-state index contributed by atoms with van der Waals surface area (Å²) >= 11 is 0. The third kappa shape index (κ3) is 2.23. The number of nitrogens with one attached hydrogen (secondary N) is 1. The first kappa shape index (κ1) is 9.89. The lowest BCUT2D eigenvalue weighted by atomic mass is 10.1. The summed E-state index contributed by atoms with van der Waals surface area (Å²) in [6.07, 6.45) is 1.02. The van der Waals surface area contributed by atoms with Crippen LogP contribution in [0.3, 0.4) is 0 Å². The summed E-state index contributed by atoms with van der Waals surface area (Å²) < 4.78 is 5.38. The molecule has 3 N–H and O–H groups in total. The van der Waals surface area contributed by atoms with Crippen molar-refractivity contribution in [1.82, 2.24) is 10.2 Å². The Hall–Kier alpha value is -0.650. The Bertz CT molecular complexity index is 231. The van der Waals surface area contributed by atoms with Gasteiger partial charge in [0.1, 0.15) is 6.61 Å². The Labute approximate surface area is 84.3 Å². The second-order valence-electron chi connectivity index (χ2n) is 3.94. The molecule has 0 aliphatic carbocycles. The fourth-order valence-corrected chi connectivity index (χ4v) is 1.84. The minimum absolute atomic E-state index is 0.137. The lowest BCUT2D eigenvalue weighted by Gasteiger charge is -2.35. The monoisotopic (exact) mass is 198 g/mol. The number of rotatable bonds is 2. The van der Waals surface area contributed by atoms with Crippen molar-refractivity contribution in [1.29, 1.82) is 0 Å². The number of hydrogen-bond acceptors (Lipinski definition) is 5. The minimum atomic E-state index is 0.137. The van der Waals surface area contributed by atoms with Crippen molar-refractivity contribution in [2.45, 2.75) is 18.6 Å². The predicted molar refractivity (Wildman–Crippen MR) is 55.3 cm³/mol. The fraction of sp³-hybridized carbons (Fsp3) is 0.889. The highest BCUT2D eigenvalue weighted by Crippen LogP contribution is 2.07. The highest BCUT2D eigenvalue weighted by Gasteiger charge is 2.24. The smallest absolute Gasteiger partial charge is 0.184 e. The molecule has 0 radical (unpaired) electrons. The molecule has 2 atom stereocenters. The maximum Gasteiger partial charge on any atom is 0.184 e. The summed E-state index contributed by atoms with van der Waals surface area (Å²) in [6.45, 7) is 3.37. The first-order chi connectivity index (χ1) is 6.75. The predicted octanol–water partition coefficient (Wildman–Crippen LogP) is -1.01. The number of nitrogens with zero attached hydrogens (tertiary/aromatic N) is 2. The second kappa shape index (κ2) is 4.25. The van der Waals surface area contributed by atoms with Gasteiger partial charge in [-0.05, 0) is 7.05 Å². The summed E-state index contributed by atoms with van der Waals surface area (Å²) in [5.74, 6) is 0.895. The van der Waals surface area contributed by atoms with Crippen LogP contribution >= 0.6 is 0 Å². The molecule has 0 aromatic heterocycles. The molecule has 1 fully saturated rings. The molecule has 0 saturated carbocycles. The van der Waals surface area contributed by atoms with E-state index in [2.05, 4.69) is 22.3 Å². The van der Waals surface area contributed by atoms with E-state index in [1.54, 1.807) is 0 Å². The molecule has 0 aromatic carbocycles. The lowest BCUT2D eigenvalue weighted by Crippen LogP contribution is -2.58. The van der Waals surface area contributed by atoms with Gasteiger partial charge in [0, 0.05) is 25.6 Å². The van der Waals surface area contributed by atoms with Crippen molar-refractivity contribution in [2.75, 3.05) is 33.3 Å². The fourth-order valence-electron chi connectivity index (χ4n) is 1.84. The Balaban J connectivity index is 1.81. The van der Waals surface area contributed by atoms with E-state index in [1.165, 1.54) is 0 Å². The third-order valence-electron chi connectivity index (χ3n) is 2.76. The Kier molecular flexibility index (Phi) is 3.00. The molecule has 0 bridgehead atoms. The average molecular weight is 198 g/mol. The number of piperazine rings is 1. The molecular weight excluding hydrogens is 180 g/mol. The van der Waals surface area contributed by atoms with E-state index in [1.807, 2.05) is 0 Å². The van der Waals surface area contributed by atoms with Gasteiger partial charge in [-0.15, -0.1) is 0 Å². The van der Waals surface area contributed by atoms with Crippen LogP contribution in [0.4, 0.5) is 0 Å². The molecule has 80 valence electrons. The SMILES string of the molecule is CN1CC(CC2=NCCO2)NCC1N. The zero-order chi connectivity index (χ0) is 9.97. The largest absolute Gasteiger partial charge is 0.479 e. The van der Waals surface area contributed by atoms with Crippen molar-refractivity contribution in [3.63, 3.8) is 0 Å². The van der Waals surface area contributed by atoms with Gasteiger partial charge >= 0.3 is 0 Å². The van der Waals surface area contributed by atoms with Gasteiger partial charge in [-0.3, -0.25) is 9.89 Å². The summed E-state index contributed by atoms with van der Waals surface area (Å²) in [5, 5.41) is 3.40. The zero-order valence-corrected chi connectivity index (χ0v) is 8.57. The molecule has 0 spiro atoms. The molecular formula is C9H18N4O. The van der Waals surface area contributed by atoms with Gasteiger partial charge in [-0.1, -0.05) is 0 Å². The van der Waals surface area contributed by atoms with Crippen LogP contribution in [0.1, 0.15) is 6.42 Å². The van der Waals surface area contributed by atoms with E-state index >= 15 is 0 Å². The van der Waals surface area contributed by atoms with Gasteiger partial charge in [0.2, 0.25) is 0 Å². The molecule has 2 heterocycles. The van der Waals surface area contributed by atoms with E-state index in [4.69, 9.17) is 10.5 Å². The topological polar surface area (TPSA) is 62.9 Å². The molecule has 0 aromatic rings. The van der Waals surface area contributed by atoms with E-state index in [0.717, 1.165) is 38.6 Å². The third-order valence-corrected chi connectivity index (χ3v) is 2.76. The first-order valence-corrected chi connectivity index (χ1v) is 5.11. The maximum atomic E-state index is 5.85. The van der Waals surface area contributed by atoms with Crippen LogP contribution in [0.25, 0.3) is 0 Å². The number of nitrogens with two attached hydrogens (primary N) is 1. The lowest BCUT2D eigenvalue weighted by molar-refractivity contribution is 0.166. The number of ether oxygens (including phenoxy) is 1. The molecule has 2 rings (SSSR count). The molecule has 5 heteroatoms. The second-order valence-corrected chi connectivity index (χ2v) is 3.94. The van der Waals surface area contributed by atoms with Crippen LogP contribution in [0.5, 0.6) is 0 Å². The Morgan fingerprint density at radius 2 is 2.57 bits per heavy atom. The van der Waals surface area contributed by atoms with E-state index in [-0.39, 0.29) is 6.17 Å². The van der Waals surface area contributed by atoms with Crippen molar-refractivity contribution < 1.29 is 4.74 Å². The van der Waals surface area contributed by atoms with Crippen molar-refractivity contribution >= 4 is 5.90 Å². The van der Waals surface area contributed by atoms with Gasteiger partial charge in [-0.2, -0.15) is 0 Å². The molecule has 2 aliphatic heterocycles. The first-order valence-electron chi connectivity index (χ1n) is 5.11. The summed E-state index contributed by atoms with van der Waals surface area (Å²) in [7, 11) is 2.05. The van der Waals surface area contributed by atoms with E-state index in [9.17, 15) is 0 Å². The van der Waals surface area contributed by atoms with Crippen molar-refractivity contribution in [2.24, 2.45) is 10.7 Å². The molecule has 2 unspecified atom stereocenters. The molecule has 2 aliphatic rings. The summed E-state index contributed by atoms with van der Waals surface area (Å²) in [6, 6.07) is 0.427. The standard InChI is InChI=1S/C9H18N4O/c1-13-6-7(12-5-8(13)10)4-9-11-2-3-14-9/h7-8,12H,2-6,10H2,1H3. The Morgan fingerprint density at radius 3 is 3.21 bits per heavy atom. The number of likely N-dealkylation sites (N-methyl/N-ethyl adjacent to an activating group) is 1. The summed E-state index contributed by atoms with van der Waals surface area (Å²) in [5.41, 5.74) is 5.85. The zero-order valence-electron chi connectivity index (χ0n) is 8.57. The molecule has 0 amide bonds. The Morgan fingerprint density at radius 1 is 1.71 bits per heavy atom. The van der Waals surface area contributed by atoms with Gasteiger partial charge < -0.3 is 15.8 Å². The van der Waals surface area contributed by atoms with Crippen LogP contribution in [0.15, 0.2) is 4.99 Å². The van der Waals surface area contributed by atoms with Crippen LogP contribution < -0.4 is 11.1 Å². The van der Waals surface area contributed by atoms with Crippen LogP contribution in [-0.4, -0.2) is 56.3 Å². The van der Waals surface area contributed by atoms with E-state index < -0.39 is 0 Å². The van der Waals surface area contributed by atoms with Gasteiger partial charge in [0.15, 0.2) is 5.90 Å². The maximum absolute atomic E-state index is 5.85. The summed E-state index contributed by atoms with van der Waals surface area (Å²) in [4.78, 5) is 6.44. The average Bonchev–Trinajstić information content (AvgIpc) is 2.64. The van der Waals surface area contributed by atoms with Gasteiger partial charge in [0.25, 0.3) is 0 Å². The quantitative estimate of drug-likeness (QED) is 0.597. The van der Waals surface area contributed by atoms with E-state index in [0.29, 0.717) is 6.04 Å². The molecule has 5 nitrogen and oxygen atoms in total. The van der Waals surface area contributed by atoms with Gasteiger partial charge in [0.05, 0.1) is 12.7 Å². The molecule has 14 heavy (non-hydrogen) atoms. The highest BCUT2D eigenvalue weighted by molar-refractivity contribution is 5.77. The van der Waals surface area contributed by atoms with Crippen molar-refractivity contribution in [3.05, 3.63) is 0 Å².